The van der Waals surface area contributed by atoms with E-state index in [9.17, 15) is 0 Å². The van der Waals surface area contributed by atoms with Gasteiger partial charge >= 0.3 is 0 Å². The van der Waals surface area contributed by atoms with Crippen LogP contribution in [0.25, 0.3) is 0 Å². The maximum atomic E-state index is 6.30. The second kappa shape index (κ2) is 4.32. The van der Waals surface area contributed by atoms with E-state index in [2.05, 4.69) is 47.2 Å². The summed E-state index contributed by atoms with van der Waals surface area (Å²) < 4.78 is 1.04. The maximum Gasteiger partial charge on any atom is 0.0452 e. The second-order valence-corrected chi connectivity index (χ2v) is 6.44. The van der Waals surface area contributed by atoms with Gasteiger partial charge in [-0.05, 0) is 42.5 Å². The Morgan fingerprint density at radius 1 is 1.44 bits per heavy atom. The van der Waals surface area contributed by atoms with Gasteiger partial charge in [0, 0.05) is 15.5 Å². The lowest BCUT2D eigenvalue weighted by atomic mass is 9.56. The first-order valence-corrected chi connectivity index (χ1v) is 6.76. The molecular weight excluding hydrogens is 286 g/mol. The summed E-state index contributed by atoms with van der Waals surface area (Å²) in [6.45, 7) is 4.61. The molecule has 88 valence electrons. The monoisotopic (exact) mass is 301 g/mol. The van der Waals surface area contributed by atoms with Gasteiger partial charge in [0.1, 0.15) is 0 Å². The molecule has 2 atom stereocenters. The van der Waals surface area contributed by atoms with Crippen LogP contribution in [0.15, 0.2) is 22.7 Å². The Labute approximate surface area is 111 Å². The van der Waals surface area contributed by atoms with E-state index < -0.39 is 0 Å². The molecule has 16 heavy (non-hydrogen) atoms. The second-order valence-electron chi connectivity index (χ2n) is 5.12. The average molecular weight is 303 g/mol. The van der Waals surface area contributed by atoms with Gasteiger partial charge in [-0.1, -0.05) is 47.4 Å². The molecule has 0 radical (unpaired) electrons. The fraction of sp³-hybridized carbons (Fsp3) is 0.538. The number of benzene rings is 1. The highest BCUT2D eigenvalue weighted by Crippen LogP contribution is 2.53. The van der Waals surface area contributed by atoms with Crippen LogP contribution in [0.5, 0.6) is 0 Å². The van der Waals surface area contributed by atoms with Gasteiger partial charge in [0.15, 0.2) is 0 Å². The van der Waals surface area contributed by atoms with Crippen LogP contribution in [0.1, 0.15) is 31.7 Å². The maximum absolute atomic E-state index is 6.30. The van der Waals surface area contributed by atoms with E-state index in [0.29, 0.717) is 12.0 Å². The van der Waals surface area contributed by atoms with Crippen LogP contribution in [-0.2, 0) is 0 Å². The topological polar surface area (TPSA) is 12.0 Å². The van der Waals surface area contributed by atoms with Crippen molar-refractivity contribution >= 4 is 27.5 Å². The molecule has 0 spiro atoms. The van der Waals surface area contributed by atoms with Crippen LogP contribution in [0.4, 0.5) is 0 Å². The van der Waals surface area contributed by atoms with Crippen molar-refractivity contribution in [2.75, 3.05) is 7.05 Å². The normalized spacial score (nSPS) is 27.6. The largest absolute Gasteiger partial charge is 0.316 e. The van der Waals surface area contributed by atoms with E-state index in [1.807, 2.05) is 13.1 Å². The van der Waals surface area contributed by atoms with Crippen molar-refractivity contribution in [2.45, 2.75) is 32.2 Å². The fourth-order valence-electron chi connectivity index (χ4n) is 2.73. The first-order valence-electron chi connectivity index (χ1n) is 5.59. The van der Waals surface area contributed by atoms with Gasteiger partial charge in [-0.2, -0.15) is 0 Å². The van der Waals surface area contributed by atoms with Crippen molar-refractivity contribution in [2.24, 2.45) is 5.41 Å². The summed E-state index contributed by atoms with van der Waals surface area (Å²) in [6.07, 6.45) is 1.17. The van der Waals surface area contributed by atoms with Gasteiger partial charge in [-0.3, -0.25) is 0 Å². The van der Waals surface area contributed by atoms with Gasteiger partial charge < -0.3 is 5.32 Å². The number of hydrogen-bond donors (Lipinski definition) is 1. The van der Waals surface area contributed by atoms with E-state index >= 15 is 0 Å². The molecule has 0 amide bonds. The predicted octanol–water partition coefficient (Wildman–Crippen LogP) is 4.20. The molecule has 0 heterocycles. The number of rotatable bonds is 2. The molecule has 1 saturated carbocycles. The average Bonchev–Trinajstić information content (AvgIpc) is 2.20. The first kappa shape index (κ1) is 12.4. The molecule has 1 aromatic rings. The minimum atomic E-state index is 0.284. The Bertz CT molecular complexity index is 403. The molecular formula is C13H17BrClN. The zero-order chi connectivity index (χ0) is 11.9. The Balaban J connectivity index is 2.27. The summed E-state index contributed by atoms with van der Waals surface area (Å²) in [7, 11) is 2.03. The summed E-state index contributed by atoms with van der Waals surface area (Å²) in [4.78, 5) is 0. The number of halogens is 2. The van der Waals surface area contributed by atoms with E-state index in [0.717, 1.165) is 9.50 Å². The number of hydrogen-bond acceptors (Lipinski definition) is 1. The molecule has 0 bridgehead atoms. The van der Waals surface area contributed by atoms with Crippen LogP contribution in [-0.4, -0.2) is 13.1 Å². The highest BCUT2D eigenvalue weighted by Gasteiger charge is 2.48. The molecule has 0 saturated heterocycles. The van der Waals surface area contributed by atoms with E-state index in [4.69, 9.17) is 11.6 Å². The molecule has 1 aliphatic rings. The highest BCUT2D eigenvalue weighted by atomic mass is 79.9. The molecule has 1 nitrogen and oxygen atoms in total. The van der Waals surface area contributed by atoms with Crippen molar-refractivity contribution in [3.8, 4) is 0 Å². The molecule has 1 N–H and O–H groups in total. The first-order chi connectivity index (χ1) is 7.46. The van der Waals surface area contributed by atoms with Crippen LogP contribution in [0.2, 0.25) is 5.02 Å². The van der Waals surface area contributed by atoms with Gasteiger partial charge in [0.2, 0.25) is 0 Å². The number of nitrogens with one attached hydrogen (secondary N) is 1. The Kier molecular flexibility index (Phi) is 3.35. The van der Waals surface area contributed by atoms with Gasteiger partial charge in [0.25, 0.3) is 0 Å². The van der Waals surface area contributed by atoms with Crippen LogP contribution in [0.3, 0.4) is 0 Å². The quantitative estimate of drug-likeness (QED) is 0.863. The zero-order valence-corrected chi connectivity index (χ0v) is 12.2. The van der Waals surface area contributed by atoms with Crippen molar-refractivity contribution in [1.82, 2.24) is 5.32 Å². The fourth-order valence-corrected chi connectivity index (χ4v) is 3.53. The summed E-state index contributed by atoms with van der Waals surface area (Å²) in [5.41, 5.74) is 1.56. The highest BCUT2D eigenvalue weighted by molar-refractivity contribution is 9.10. The minimum absolute atomic E-state index is 0.284. The molecule has 3 heteroatoms. The van der Waals surface area contributed by atoms with Crippen molar-refractivity contribution in [1.29, 1.82) is 0 Å². The third-order valence-corrected chi connectivity index (χ3v) is 4.77. The van der Waals surface area contributed by atoms with Gasteiger partial charge in [-0.15, -0.1) is 0 Å². The van der Waals surface area contributed by atoms with Crippen molar-refractivity contribution in [3.05, 3.63) is 33.3 Å². The molecule has 1 aliphatic carbocycles. The lowest BCUT2D eigenvalue weighted by Gasteiger charge is -2.52. The standard InChI is InChI=1S/C13H17BrClN/c1-13(2)10(7-12(13)16-3)9-5-4-8(14)6-11(9)15/h4-6,10,12,16H,7H2,1-3H3. The molecule has 1 fully saturated rings. The van der Waals surface area contributed by atoms with E-state index in [1.165, 1.54) is 12.0 Å². The molecule has 0 aromatic heterocycles. The zero-order valence-electron chi connectivity index (χ0n) is 9.85. The third kappa shape index (κ3) is 1.92. The predicted molar refractivity (Wildman–Crippen MR) is 73.1 cm³/mol. The SMILES string of the molecule is CNC1CC(c2ccc(Br)cc2Cl)C1(C)C. The third-order valence-electron chi connectivity index (χ3n) is 3.95. The summed E-state index contributed by atoms with van der Waals surface area (Å²) in [6, 6.07) is 6.80. The van der Waals surface area contributed by atoms with Crippen LogP contribution in [0, 0.1) is 5.41 Å². The Morgan fingerprint density at radius 2 is 2.12 bits per heavy atom. The van der Waals surface area contributed by atoms with Crippen molar-refractivity contribution < 1.29 is 0 Å². The summed E-state index contributed by atoms with van der Waals surface area (Å²) in [5.74, 6) is 0.561. The molecule has 1 aromatic carbocycles. The lowest BCUT2D eigenvalue weighted by molar-refractivity contribution is 0.0752. The molecule has 0 aliphatic heterocycles. The van der Waals surface area contributed by atoms with Gasteiger partial charge in [0.05, 0.1) is 0 Å². The smallest absolute Gasteiger partial charge is 0.0452 e. The minimum Gasteiger partial charge on any atom is -0.316 e. The molecule has 2 rings (SSSR count). The van der Waals surface area contributed by atoms with Gasteiger partial charge in [-0.25, -0.2) is 0 Å². The van der Waals surface area contributed by atoms with E-state index in [-0.39, 0.29) is 5.41 Å². The van der Waals surface area contributed by atoms with Crippen LogP contribution < -0.4 is 5.32 Å². The lowest BCUT2D eigenvalue weighted by Crippen LogP contribution is -2.54. The Hall–Kier alpha value is -0.0500. The van der Waals surface area contributed by atoms with Crippen LogP contribution >= 0.6 is 27.5 Å². The summed E-state index contributed by atoms with van der Waals surface area (Å²) >= 11 is 9.75. The van der Waals surface area contributed by atoms with Crippen molar-refractivity contribution in [3.63, 3.8) is 0 Å². The summed E-state index contributed by atoms with van der Waals surface area (Å²) in [5, 5.41) is 4.25. The Morgan fingerprint density at radius 3 is 2.62 bits per heavy atom. The molecule has 2 unspecified atom stereocenters. The van der Waals surface area contributed by atoms with E-state index in [1.54, 1.807) is 0 Å².